The molecule has 2 aromatic carbocycles. The number of carbonyl (C=O) groups is 2. The molecule has 0 aliphatic heterocycles. The van der Waals surface area contributed by atoms with Gasteiger partial charge in [0.2, 0.25) is 5.91 Å². The lowest BCUT2D eigenvalue weighted by molar-refractivity contribution is -0.138. The van der Waals surface area contributed by atoms with Gasteiger partial charge in [0.1, 0.15) is 12.1 Å². The number of fused-ring (bicyclic) bond motifs is 1. The Bertz CT molecular complexity index is 973. The fourth-order valence-electron chi connectivity index (χ4n) is 2.51. The number of aromatic nitrogens is 2. The second-order valence-electron chi connectivity index (χ2n) is 5.47. The summed E-state index contributed by atoms with van der Waals surface area (Å²) in [6.07, 6.45) is 2.53. The van der Waals surface area contributed by atoms with Gasteiger partial charge in [-0.05, 0) is 29.8 Å². The zero-order valence-electron chi connectivity index (χ0n) is 13.7. The molecule has 0 fully saturated rings. The summed E-state index contributed by atoms with van der Waals surface area (Å²) in [5.74, 6) is -1.01. The van der Waals surface area contributed by atoms with Crippen LogP contribution < -0.4 is 10.6 Å². The molecule has 3 N–H and O–H groups in total. The molecule has 26 heavy (non-hydrogen) atoms. The van der Waals surface area contributed by atoms with E-state index in [1.807, 2.05) is 6.07 Å². The van der Waals surface area contributed by atoms with Gasteiger partial charge < -0.3 is 15.7 Å². The SMILES string of the molecule is C=CC(=O)Nc1ccc2ncnc(N[C@H](C(=O)O)c3ccccc3)c2c1. The summed E-state index contributed by atoms with van der Waals surface area (Å²) in [6, 6.07) is 12.9. The molecule has 1 amide bonds. The molecule has 0 saturated carbocycles. The van der Waals surface area contributed by atoms with Gasteiger partial charge in [-0.25, -0.2) is 14.8 Å². The average molecular weight is 348 g/mol. The van der Waals surface area contributed by atoms with Gasteiger partial charge in [0, 0.05) is 11.1 Å². The molecule has 7 nitrogen and oxygen atoms in total. The third-order valence-corrected chi connectivity index (χ3v) is 3.75. The minimum Gasteiger partial charge on any atom is -0.479 e. The minimum atomic E-state index is -1.03. The second-order valence-corrected chi connectivity index (χ2v) is 5.47. The zero-order valence-corrected chi connectivity index (χ0v) is 13.7. The molecule has 0 aliphatic rings. The fourth-order valence-corrected chi connectivity index (χ4v) is 2.51. The lowest BCUT2D eigenvalue weighted by atomic mass is 10.1. The van der Waals surface area contributed by atoms with E-state index >= 15 is 0 Å². The van der Waals surface area contributed by atoms with Crippen molar-refractivity contribution in [3.63, 3.8) is 0 Å². The summed E-state index contributed by atoms with van der Waals surface area (Å²) in [5.41, 5.74) is 1.76. The Balaban J connectivity index is 2.00. The Morgan fingerprint density at radius 1 is 1.12 bits per heavy atom. The van der Waals surface area contributed by atoms with Crippen molar-refractivity contribution >= 4 is 34.3 Å². The first-order valence-electron chi connectivity index (χ1n) is 7.81. The number of nitrogens with one attached hydrogen (secondary N) is 2. The van der Waals surface area contributed by atoms with Crippen LogP contribution in [0, 0.1) is 0 Å². The standard InChI is InChI=1S/C19H16N4O3/c1-2-16(24)22-13-8-9-15-14(10-13)18(21-11-20-15)23-17(19(25)26)12-6-4-3-5-7-12/h2-11,17H,1H2,(H,22,24)(H,25,26)(H,20,21,23)/t17-/m0/s1. The summed E-state index contributed by atoms with van der Waals surface area (Å²) in [7, 11) is 0. The quantitative estimate of drug-likeness (QED) is 0.592. The first-order chi connectivity index (χ1) is 12.6. The van der Waals surface area contributed by atoms with Gasteiger partial charge in [0.05, 0.1) is 5.52 Å². The summed E-state index contributed by atoms with van der Waals surface area (Å²) in [5, 5.41) is 15.8. The van der Waals surface area contributed by atoms with E-state index in [1.54, 1.807) is 42.5 Å². The Morgan fingerprint density at radius 2 is 1.88 bits per heavy atom. The number of aliphatic carboxylic acids is 1. The first kappa shape index (κ1) is 17.1. The van der Waals surface area contributed by atoms with E-state index in [9.17, 15) is 14.7 Å². The zero-order chi connectivity index (χ0) is 18.5. The van der Waals surface area contributed by atoms with Crippen LogP contribution in [0.1, 0.15) is 11.6 Å². The molecule has 1 atom stereocenters. The summed E-state index contributed by atoms with van der Waals surface area (Å²) >= 11 is 0. The van der Waals surface area contributed by atoms with Crippen molar-refractivity contribution in [3.05, 3.63) is 73.1 Å². The monoisotopic (exact) mass is 348 g/mol. The van der Waals surface area contributed by atoms with Gasteiger partial charge in [0.15, 0.2) is 6.04 Å². The van der Waals surface area contributed by atoms with Crippen LogP contribution in [0.25, 0.3) is 10.9 Å². The molecule has 130 valence electrons. The molecule has 0 spiro atoms. The third kappa shape index (κ3) is 3.67. The maximum Gasteiger partial charge on any atom is 0.330 e. The number of nitrogens with zero attached hydrogens (tertiary/aromatic N) is 2. The van der Waals surface area contributed by atoms with Crippen molar-refractivity contribution in [2.24, 2.45) is 0 Å². The molecule has 0 radical (unpaired) electrons. The highest BCUT2D eigenvalue weighted by molar-refractivity contribution is 6.01. The molecule has 1 aromatic heterocycles. The van der Waals surface area contributed by atoms with Gasteiger partial charge in [-0.15, -0.1) is 0 Å². The Hall–Kier alpha value is -3.74. The van der Waals surface area contributed by atoms with Crippen molar-refractivity contribution in [3.8, 4) is 0 Å². The predicted molar refractivity (Wildman–Crippen MR) is 98.8 cm³/mol. The fraction of sp³-hybridized carbons (Fsp3) is 0.0526. The molecule has 0 aliphatic carbocycles. The van der Waals surface area contributed by atoms with Crippen LogP contribution in [0.2, 0.25) is 0 Å². The van der Waals surface area contributed by atoms with E-state index in [0.29, 0.717) is 28.0 Å². The second kappa shape index (κ2) is 7.43. The number of carboxylic acids is 1. The first-order valence-corrected chi connectivity index (χ1v) is 7.81. The van der Waals surface area contributed by atoms with Crippen molar-refractivity contribution in [1.29, 1.82) is 0 Å². The summed E-state index contributed by atoms with van der Waals surface area (Å²) < 4.78 is 0. The van der Waals surface area contributed by atoms with Crippen LogP contribution in [-0.2, 0) is 9.59 Å². The van der Waals surface area contributed by atoms with Crippen molar-refractivity contribution in [2.75, 3.05) is 10.6 Å². The van der Waals surface area contributed by atoms with Crippen LogP contribution in [0.3, 0.4) is 0 Å². The molecule has 7 heteroatoms. The molecular formula is C19H16N4O3. The molecule has 3 aromatic rings. The number of rotatable bonds is 6. The predicted octanol–water partition coefficient (Wildman–Crippen LogP) is 2.99. The van der Waals surface area contributed by atoms with E-state index in [4.69, 9.17) is 0 Å². The molecule has 1 heterocycles. The molecule has 0 bridgehead atoms. The van der Waals surface area contributed by atoms with E-state index in [2.05, 4.69) is 27.2 Å². The number of benzene rings is 2. The van der Waals surface area contributed by atoms with Gasteiger partial charge in [-0.1, -0.05) is 36.9 Å². The molecule has 0 unspecified atom stereocenters. The summed E-state index contributed by atoms with van der Waals surface area (Å²) in [6.45, 7) is 3.41. The van der Waals surface area contributed by atoms with E-state index in [-0.39, 0.29) is 5.91 Å². The smallest absolute Gasteiger partial charge is 0.330 e. The van der Waals surface area contributed by atoms with Crippen molar-refractivity contribution in [1.82, 2.24) is 9.97 Å². The average Bonchev–Trinajstić information content (AvgIpc) is 2.66. The maximum absolute atomic E-state index is 11.7. The van der Waals surface area contributed by atoms with E-state index in [0.717, 1.165) is 0 Å². The van der Waals surface area contributed by atoms with Gasteiger partial charge >= 0.3 is 5.97 Å². The highest BCUT2D eigenvalue weighted by atomic mass is 16.4. The van der Waals surface area contributed by atoms with Crippen LogP contribution in [0.4, 0.5) is 11.5 Å². The minimum absolute atomic E-state index is 0.344. The summed E-state index contributed by atoms with van der Waals surface area (Å²) in [4.78, 5) is 31.6. The van der Waals surface area contributed by atoms with E-state index < -0.39 is 12.0 Å². The largest absolute Gasteiger partial charge is 0.479 e. The molecule has 0 saturated heterocycles. The maximum atomic E-state index is 11.7. The number of anilines is 2. The topological polar surface area (TPSA) is 104 Å². The highest BCUT2D eigenvalue weighted by Crippen LogP contribution is 2.26. The number of carboxylic acid groups (broad SMARTS) is 1. The van der Waals surface area contributed by atoms with Crippen molar-refractivity contribution < 1.29 is 14.7 Å². The van der Waals surface area contributed by atoms with Gasteiger partial charge in [0.25, 0.3) is 0 Å². The molecular weight excluding hydrogens is 332 g/mol. The number of hydrogen-bond acceptors (Lipinski definition) is 5. The van der Waals surface area contributed by atoms with Gasteiger partial charge in [-0.2, -0.15) is 0 Å². The van der Waals surface area contributed by atoms with Crippen LogP contribution in [-0.4, -0.2) is 27.0 Å². The van der Waals surface area contributed by atoms with Crippen LogP contribution >= 0.6 is 0 Å². The van der Waals surface area contributed by atoms with E-state index in [1.165, 1.54) is 12.4 Å². The number of amides is 1. The highest BCUT2D eigenvalue weighted by Gasteiger charge is 2.21. The Morgan fingerprint density at radius 3 is 2.58 bits per heavy atom. The third-order valence-electron chi connectivity index (χ3n) is 3.75. The normalized spacial score (nSPS) is 11.5. The number of carbonyl (C=O) groups excluding carboxylic acids is 1. The number of hydrogen-bond donors (Lipinski definition) is 3. The Kier molecular flexibility index (Phi) is 4.89. The van der Waals surface area contributed by atoms with Crippen LogP contribution in [0.15, 0.2) is 67.5 Å². The van der Waals surface area contributed by atoms with Gasteiger partial charge in [-0.3, -0.25) is 4.79 Å². The lowest BCUT2D eigenvalue weighted by Gasteiger charge is -2.17. The van der Waals surface area contributed by atoms with Crippen LogP contribution in [0.5, 0.6) is 0 Å². The molecule has 3 rings (SSSR count). The van der Waals surface area contributed by atoms with Crippen molar-refractivity contribution in [2.45, 2.75) is 6.04 Å². The Labute approximate surface area is 149 Å². The lowest BCUT2D eigenvalue weighted by Crippen LogP contribution is -2.21.